The fourth-order valence-electron chi connectivity index (χ4n) is 3.13. The molecule has 8 heteroatoms. The third kappa shape index (κ3) is 4.44. The van der Waals surface area contributed by atoms with Gasteiger partial charge < -0.3 is 9.84 Å². The van der Waals surface area contributed by atoms with Crippen molar-refractivity contribution in [2.24, 2.45) is 5.10 Å². The Labute approximate surface area is 179 Å². The minimum Gasteiger partial charge on any atom is -0.490 e. The molecule has 0 bridgehead atoms. The largest absolute Gasteiger partial charge is 0.490 e. The van der Waals surface area contributed by atoms with Crippen molar-refractivity contribution in [1.82, 2.24) is 5.43 Å². The van der Waals surface area contributed by atoms with E-state index in [0.717, 1.165) is 0 Å². The summed E-state index contributed by atoms with van der Waals surface area (Å²) in [5, 5.41) is 26.7. The van der Waals surface area contributed by atoms with Crippen LogP contribution in [0.25, 0.3) is 0 Å². The zero-order chi connectivity index (χ0) is 22.4. The number of nitro groups is 1. The lowest BCUT2D eigenvalue weighted by Gasteiger charge is -2.27. The first-order valence-corrected chi connectivity index (χ1v) is 9.39. The van der Waals surface area contributed by atoms with Gasteiger partial charge in [0.05, 0.1) is 17.7 Å². The first-order valence-electron chi connectivity index (χ1n) is 9.39. The number of nitro benzene ring substituents is 1. The van der Waals surface area contributed by atoms with Crippen LogP contribution in [0.1, 0.15) is 23.6 Å². The Balaban J connectivity index is 1.93. The number of ether oxygens (including phenoxy) is 1. The quantitative estimate of drug-likeness (QED) is 0.346. The average Bonchev–Trinajstić information content (AvgIpc) is 2.82. The maximum Gasteiger partial charge on any atom is 0.311 e. The van der Waals surface area contributed by atoms with E-state index >= 15 is 0 Å². The smallest absolute Gasteiger partial charge is 0.311 e. The molecule has 0 unspecified atom stereocenters. The number of nitrogens with one attached hydrogen (secondary N) is 1. The maximum absolute atomic E-state index is 13.1. The molecule has 0 heterocycles. The van der Waals surface area contributed by atoms with Gasteiger partial charge in [-0.15, -0.1) is 0 Å². The number of carbonyl (C=O) groups is 1. The molecule has 0 radical (unpaired) electrons. The highest BCUT2D eigenvalue weighted by molar-refractivity contribution is 6.00. The Morgan fingerprint density at radius 1 is 1.03 bits per heavy atom. The van der Waals surface area contributed by atoms with Crippen LogP contribution >= 0.6 is 0 Å². The van der Waals surface area contributed by atoms with Gasteiger partial charge in [-0.05, 0) is 30.2 Å². The van der Waals surface area contributed by atoms with Gasteiger partial charge in [-0.1, -0.05) is 60.7 Å². The summed E-state index contributed by atoms with van der Waals surface area (Å²) in [5.41, 5.74) is 1.71. The number of methoxy groups -OCH3 is 1. The van der Waals surface area contributed by atoms with Crippen LogP contribution < -0.4 is 10.2 Å². The van der Waals surface area contributed by atoms with E-state index in [-0.39, 0.29) is 11.4 Å². The Kier molecular flexibility index (Phi) is 6.42. The van der Waals surface area contributed by atoms with E-state index < -0.39 is 16.4 Å². The van der Waals surface area contributed by atoms with Crippen molar-refractivity contribution in [3.8, 4) is 5.75 Å². The van der Waals surface area contributed by atoms with Crippen molar-refractivity contribution in [3.05, 3.63) is 106 Å². The fraction of sp³-hybridized carbons (Fsp3) is 0.130. The highest BCUT2D eigenvalue weighted by Gasteiger charge is 2.40. The predicted molar refractivity (Wildman–Crippen MR) is 116 cm³/mol. The normalized spacial score (nSPS) is 11.6. The van der Waals surface area contributed by atoms with E-state index in [1.54, 1.807) is 73.7 Å². The van der Waals surface area contributed by atoms with E-state index in [2.05, 4.69) is 10.5 Å². The molecule has 0 aliphatic heterocycles. The zero-order valence-corrected chi connectivity index (χ0v) is 17.0. The van der Waals surface area contributed by atoms with Crippen molar-refractivity contribution in [2.45, 2.75) is 12.5 Å². The summed E-state index contributed by atoms with van der Waals surface area (Å²) < 4.78 is 5.00. The number of hydrogen-bond donors (Lipinski definition) is 2. The summed E-state index contributed by atoms with van der Waals surface area (Å²) in [6.07, 6.45) is 0. The van der Waals surface area contributed by atoms with Gasteiger partial charge >= 0.3 is 5.69 Å². The number of hydrazone groups is 1. The average molecular weight is 419 g/mol. The minimum absolute atomic E-state index is 0.119. The van der Waals surface area contributed by atoms with E-state index in [4.69, 9.17) is 4.74 Å². The Bertz CT molecular complexity index is 1080. The Morgan fingerprint density at radius 2 is 1.58 bits per heavy atom. The van der Waals surface area contributed by atoms with Crippen molar-refractivity contribution in [1.29, 1.82) is 0 Å². The van der Waals surface area contributed by atoms with Crippen LogP contribution in [0.3, 0.4) is 0 Å². The lowest BCUT2D eigenvalue weighted by Crippen LogP contribution is -2.43. The summed E-state index contributed by atoms with van der Waals surface area (Å²) in [7, 11) is 1.34. The molecule has 8 nitrogen and oxygen atoms in total. The molecule has 31 heavy (non-hydrogen) atoms. The highest BCUT2D eigenvalue weighted by atomic mass is 16.6. The molecule has 2 N–H and O–H groups in total. The molecule has 3 aromatic carbocycles. The molecule has 3 rings (SSSR count). The van der Waals surface area contributed by atoms with E-state index in [1.165, 1.54) is 19.2 Å². The molecule has 0 spiro atoms. The van der Waals surface area contributed by atoms with E-state index in [1.807, 2.05) is 0 Å². The summed E-state index contributed by atoms with van der Waals surface area (Å²) in [5.74, 6) is -0.639. The van der Waals surface area contributed by atoms with Crippen LogP contribution in [-0.2, 0) is 10.4 Å². The number of aliphatic hydroxyl groups is 1. The van der Waals surface area contributed by atoms with Gasteiger partial charge in [0.1, 0.15) is 0 Å². The zero-order valence-electron chi connectivity index (χ0n) is 17.0. The summed E-state index contributed by atoms with van der Waals surface area (Å²) >= 11 is 0. The van der Waals surface area contributed by atoms with Gasteiger partial charge in [0.25, 0.3) is 5.91 Å². The van der Waals surface area contributed by atoms with Crippen molar-refractivity contribution >= 4 is 17.3 Å². The summed E-state index contributed by atoms with van der Waals surface area (Å²) in [4.78, 5) is 23.8. The predicted octanol–water partition coefficient (Wildman–Crippen LogP) is 3.38. The molecule has 3 aromatic rings. The molecule has 1 amide bonds. The third-order valence-corrected chi connectivity index (χ3v) is 4.83. The molecule has 0 aromatic heterocycles. The number of hydrogen-bond acceptors (Lipinski definition) is 6. The lowest BCUT2D eigenvalue weighted by molar-refractivity contribution is -0.385. The molecular weight excluding hydrogens is 398 g/mol. The second kappa shape index (κ2) is 9.19. The lowest BCUT2D eigenvalue weighted by atomic mass is 9.85. The highest BCUT2D eigenvalue weighted by Crippen LogP contribution is 2.30. The monoisotopic (exact) mass is 419 g/mol. The number of carbonyl (C=O) groups excluding carboxylic acids is 1. The number of benzene rings is 3. The van der Waals surface area contributed by atoms with Gasteiger partial charge in [0.2, 0.25) is 0 Å². The molecule has 158 valence electrons. The Morgan fingerprint density at radius 3 is 2.06 bits per heavy atom. The molecular formula is C23H21N3O5. The van der Waals surface area contributed by atoms with Crippen LogP contribution in [-0.4, -0.2) is 28.8 Å². The van der Waals surface area contributed by atoms with Gasteiger partial charge in [-0.25, -0.2) is 5.43 Å². The second-order valence-corrected chi connectivity index (χ2v) is 6.72. The fourth-order valence-corrected chi connectivity index (χ4v) is 3.13. The van der Waals surface area contributed by atoms with Gasteiger partial charge in [0.15, 0.2) is 11.4 Å². The standard InChI is InChI=1S/C23H21N3O5/c1-16(17-13-14-21(31-2)20(15-17)26(29)30)24-25-22(27)23(28,18-9-5-3-6-10-18)19-11-7-4-8-12-19/h3-15,28H,1-2H3,(H,25,27). The van der Waals surface area contributed by atoms with Crippen LogP contribution in [0.5, 0.6) is 5.75 Å². The van der Waals surface area contributed by atoms with Crippen LogP contribution in [0.2, 0.25) is 0 Å². The number of rotatable bonds is 7. The molecule has 0 saturated heterocycles. The minimum atomic E-state index is -1.97. The maximum atomic E-state index is 13.1. The number of amides is 1. The summed E-state index contributed by atoms with van der Waals surface area (Å²) in [6, 6.07) is 21.4. The number of nitrogens with zero attached hydrogens (tertiary/aromatic N) is 2. The summed E-state index contributed by atoms with van der Waals surface area (Å²) in [6.45, 7) is 1.59. The van der Waals surface area contributed by atoms with Crippen molar-refractivity contribution in [3.63, 3.8) is 0 Å². The molecule has 0 atom stereocenters. The SMILES string of the molecule is COc1ccc(C(C)=NNC(=O)C(O)(c2ccccc2)c2ccccc2)cc1[N+](=O)[O-]. The van der Waals surface area contributed by atoms with E-state index in [0.29, 0.717) is 22.4 Å². The van der Waals surface area contributed by atoms with Gasteiger partial charge in [-0.3, -0.25) is 14.9 Å². The van der Waals surface area contributed by atoms with Gasteiger partial charge in [0, 0.05) is 11.6 Å². The second-order valence-electron chi connectivity index (χ2n) is 6.72. The Hall–Kier alpha value is -4.04. The van der Waals surface area contributed by atoms with Crippen LogP contribution in [0, 0.1) is 10.1 Å². The van der Waals surface area contributed by atoms with Crippen molar-refractivity contribution in [2.75, 3.05) is 7.11 Å². The van der Waals surface area contributed by atoms with Crippen molar-refractivity contribution < 1.29 is 19.6 Å². The molecule has 0 saturated carbocycles. The van der Waals surface area contributed by atoms with Gasteiger partial charge in [-0.2, -0.15) is 5.10 Å². The molecule has 0 fully saturated rings. The van der Waals surface area contributed by atoms with Crippen LogP contribution in [0.4, 0.5) is 5.69 Å². The topological polar surface area (TPSA) is 114 Å². The molecule has 0 aliphatic carbocycles. The first-order chi connectivity index (χ1) is 14.9. The molecule has 0 aliphatic rings. The third-order valence-electron chi connectivity index (χ3n) is 4.83. The van der Waals surface area contributed by atoms with Crippen LogP contribution in [0.15, 0.2) is 84.0 Å². The first kappa shape index (κ1) is 21.7. The van der Waals surface area contributed by atoms with E-state index in [9.17, 15) is 20.0 Å².